The van der Waals surface area contributed by atoms with E-state index in [1.54, 1.807) is 24.1 Å². The van der Waals surface area contributed by atoms with Crippen molar-refractivity contribution in [2.45, 2.75) is 25.5 Å². The molecule has 5 heteroatoms. The van der Waals surface area contributed by atoms with Crippen LogP contribution in [0, 0.1) is 0 Å². The topological polar surface area (TPSA) is 41.6 Å². The Kier molecular flexibility index (Phi) is 4.32. The number of halogens is 1. The van der Waals surface area contributed by atoms with Crippen molar-refractivity contribution in [2.75, 3.05) is 26.0 Å². The molecule has 1 aromatic carbocycles. The molecule has 1 N–H and O–H groups in total. The van der Waals surface area contributed by atoms with Gasteiger partial charge in [0.1, 0.15) is 0 Å². The maximum Gasteiger partial charge on any atom is 0.256 e. The van der Waals surface area contributed by atoms with Gasteiger partial charge in [-0.3, -0.25) is 4.79 Å². The van der Waals surface area contributed by atoms with Crippen LogP contribution < -0.4 is 5.32 Å². The summed E-state index contributed by atoms with van der Waals surface area (Å²) in [5.74, 6) is -0.0331. The molecular weight excluding hydrogens is 264 g/mol. The number of ether oxygens (including phenoxy) is 1. The maximum absolute atomic E-state index is 12.6. The Morgan fingerprint density at radius 1 is 1.53 bits per heavy atom. The van der Waals surface area contributed by atoms with Gasteiger partial charge in [0.2, 0.25) is 0 Å². The molecule has 104 valence electrons. The minimum absolute atomic E-state index is 0.0331. The number of anilines is 1. The second kappa shape index (κ2) is 5.80. The number of benzene rings is 1. The van der Waals surface area contributed by atoms with Crippen molar-refractivity contribution in [1.29, 1.82) is 0 Å². The molecule has 1 fully saturated rings. The molecule has 0 radical (unpaired) electrons. The number of carbonyl (C=O) groups excluding carboxylic acids is 1. The zero-order valence-corrected chi connectivity index (χ0v) is 12.2. The monoisotopic (exact) mass is 282 g/mol. The summed E-state index contributed by atoms with van der Waals surface area (Å²) < 4.78 is 5.52. The molecule has 0 spiro atoms. The highest BCUT2D eigenvalue weighted by Gasteiger charge is 2.31. The fourth-order valence-corrected chi connectivity index (χ4v) is 2.65. The first kappa shape index (κ1) is 14.2. The number of likely N-dealkylation sites (N-methyl/N-ethyl adjacent to an activating group) is 1. The van der Waals surface area contributed by atoms with Gasteiger partial charge >= 0.3 is 0 Å². The van der Waals surface area contributed by atoms with Gasteiger partial charge in [0, 0.05) is 31.4 Å². The van der Waals surface area contributed by atoms with Gasteiger partial charge in [-0.2, -0.15) is 0 Å². The van der Waals surface area contributed by atoms with Crippen LogP contribution in [0.15, 0.2) is 18.2 Å². The van der Waals surface area contributed by atoms with Crippen LogP contribution in [0.3, 0.4) is 0 Å². The molecule has 4 nitrogen and oxygen atoms in total. The third-order valence-electron chi connectivity index (χ3n) is 3.64. The second-order valence-electron chi connectivity index (χ2n) is 4.79. The van der Waals surface area contributed by atoms with Crippen LogP contribution in [0.5, 0.6) is 0 Å². The smallest absolute Gasteiger partial charge is 0.256 e. The predicted octanol–water partition coefficient (Wildman–Crippen LogP) is 2.63. The van der Waals surface area contributed by atoms with Gasteiger partial charge in [-0.15, -0.1) is 0 Å². The lowest BCUT2D eigenvalue weighted by molar-refractivity contribution is 0.0575. The fourth-order valence-electron chi connectivity index (χ4n) is 2.48. The van der Waals surface area contributed by atoms with Crippen LogP contribution in [0.25, 0.3) is 0 Å². The number of hydrogen-bond donors (Lipinski definition) is 1. The Bertz CT molecular complexity index is 479. The number of amides is 1. The molecule has 0 bridgehead atoms. The third-order valence-corrected chi connectivity index (χ3v) is 3.87. The van der Waals surface area contributed by atoms with E-state index in [4.69, 9.17) is 16.3 Å². The van der Waals surface area contributed by atoms with E-state index in [0.717, 1.165) is 12.1 Å². The first-order valence-corrected chi connectivity index (χ1v) is 6.78. The molecule has 2 atom stereocenters. The Morgan fingerprint density at radius 2 is 2.26 bits per heavy atom. The summed E-state index contributed by atoms with van der Waals surface area (Å²) in [5, 5.41) is 3.58. The molecule has 1 saturated heterocycles. The Morgan fingerprint density at radius 3 is 2.84 bits per heavy atom. The lowest BCUT2D eigenvalue weighted by Gasteiger charge is -2.27. The first-order chi connectivity index (χ1) is 9.04. The van der Waals surface area contributed by atoms with Gasteiger partial charge < -0.3 is 15.0 Å². The van der Waals surface area contributed by atoms with Crippen molar-refractivity contribution >= 4 is 23.2 Å². The highest BCUT2D eigenvalue weighted by molar-refractivity contribution is 6.31. The molecule has 1 heterocycles. The van der Waals surface area contributed by atoms with E-state index < -0.39 is 0 Å². The zero-order chi connectivity index (χ0) is 14.0. The molecule has 1 aliphatic heterocycles. The lowest BCUT2D eigenvalue weighted by Crippen LogP contribution is -2.41. The number of carbonyl (C=O) groups is 1. The highest BCUT2D eigenvalue weighted by Crippen LogP contribution is 2.25. The van der Waals surface area contributed by atoms with Crippen LogP contribution in [0.2, 0.25) is 5.02 Å². The molecule has 1 aromatic rings. The van der Waals surface area contributed by atoms with Gasteiger partial charge in [0.25, 0.3) is 5.91 Å². The van der Waals surface area contributed by atoms with Crippen molar-refractivity contribution in [1.82, 2.24) is 4.90 Å². The highest BCUT2D eigenvalue weighted by atomic mass is 35.5. The van der Waals surface area contributed by atoms with E-state index in [0.29, 0.717) is 17.2 Å². The quantitative estimate of drug-likeness (QED) is 0.927. The van der Waals surface area contributed by atoms with Crippen LogP contribution in [0.4, 0.5) is 5.69 Å². The van der Waals surface area contributed by atoms with Crippen LogP contribution in [0.1, 0.15) is 23.7 Å². The predicted molar refractivity (Wildman–Crippen MR) is 76.9 cm³/mol. The van der Waals surface area contributed by atoms with E-state index >= 15 is 0 Å². The van der Waals surface area contributed by atoms with E-state index in [1.807, 2.05) is 20.0 Å². The summed E-state index contributed by atoms with van der Waals surface area (Å²) in [5.41, 5.74) is 1.38. The van der Waals surface area contributed by atoms with E-state index in [-0.39, 0.29) is 18.1 Å². The molecule has 0 aromatic heterocycles. The first-order valence-electron chi connectivity index (χ1n) is 6.40. The Labute approximate surface area is 118 Å². The number of hydrogen-bond acceptors (Lipinski definition) is 3. The van der Waals surface area contributed by atoms with Crippen molar-refractivity contribution in [3.8, 4) is 0 Å². The largest absolute Gasteiger partial charge is 0.387 e. The standard InChI is InChI=1S/C14H19ClN2O2/c1-9-13(6-7-19-9)17(3)14(18)11-8-10(15)4-5-12(11)16-2/h4-5,8-9,13,16H,6-7H2,1-3H3. The summed E-state index contributed by atoms with van der Waals surface area (Å²) in [4.78, 5) is 14.3. The van der Waals surface area contributed by atoms with Crippen LogP contribution in [-0.4, -0.2) is 43.7 Å². The van der Waals surface area contributed by atoms with E-state index in [9.17, 15) is 4.79 Å². The number of nitrogens with zero attached hydrogens (tertiary/aromatic N) is 1. The van der Waals surface area contributed by atoms with E-state index in [1.165, 1.54) is 0 Å². The number of rotatable bonds is 3. The normalized spacial score (nSPS) is 22.3. The molecule has 19 heavy (non-hydrogen) atoms. The zero-order valence-electron chi connectivity index (χ0n) is 11.4. The summed E-state index contributed by atoms with van der Waals surface area (Å²) >= 11 is 5.99. The summed E-state index contributed by atoms with van der Waals surface area (Å²) in [6.07, 6.45) is 0.949. The molecule has 1 amide bonds. The molecule has 0 aliphatic carbocycles. The molecule has 2 unspecified atom stereocenters. The fraction of sp³-hybridized carbons (Fsp3) is 0.500. The van der Waals surface area contributed by atoms with Crippen LogP contribution in [-0.2, 0) is 4.74 Å². The van der Waals surface area contributed by atoms with Gasteiger partial charge in [-0.05, 0) is 31.5 Å². The van der Waals surface area contributed by atoms with E-state index in [2.05, 4.69) is 5.32 Å². The van der Waals surface area contributed by atoms with Crippen molar-refractivity contribution in [2.24, 2.45) is 0 Å². The van der Waals surface area contributed by atoms with Gasteiger partial charge in [0.05, 0.1) is 17.7 Å². The minimum atomic E-state index is -0.0331. The molecule has 1 aliphatic rings. The summed E-state index contributed by atoms with van der Waals surface area (Å²) in [6, 6.07) is 5.41. The minimum Gasteiger partial charge on any atom is -0.387 e. The van der Waals surface area contributed by atoms with Gasteiger partial charge in [-0.1, -0.05) is 11.6 Å². The molecule has 0 saturated carbocycles. The van der Waals surface area contributed by atoms with Crippen molar-refractivity contribution in [3.05, 3.63) is 28.8 Å². The molecule has 2 rings (SSSR count). The van der Waals surface area contributed by atoms with Crippen molar-refractivity contribution in [3.63, 3.8) is 0 Å². The average Bonchev–Trinajstić information content (AvgIpc) is 2.83. The second-order valence-corrected chi connectivity index (χ2v) is 5.22. The van der Waals surface area contributed by atoms with Gasteiger partial charge in [0.15, 0.2) is 0 Å². The summed E-state index contributed by atoms with van der Waals surface area (Å²) in [7, 11) is 3.61. The average molecular weight is 283 g/mol. The van der Waals surface area contributed by atoms with Crippen LogP contribution >= 0.6 is 11.6 Å². The number of nitrogens with one attached hydrogen (secondary N) is 1. The maximum atomic E-state index is 12.6. The summed E-state index contributed by atoms with van der Waals surface area (Å²) in [6.45, 7) is 2.70. The van der Waals surface area contributed by atoms with Crippen molar-refractivity contribution < 1.29 is 9.53 Å². The third kappa shape index (κ3) is 2.85. The van der Waals surface area contributed by atoms with Gasteiger partial charge in [-0.25, -0.2) is 0 Å². The Hall–Kier alpha value is -1.26. The SMILES string of the molecule is CNc1ccc(Cl)cc1C(=O)N(C)C1CCOC1C. The molecular formula is C14H19ClN2O2. The lowest BCUT2D eigenvalue weighted by atomic mass is 10.1. The Balaban J connectivity index is 2.25.